The Balaban J connectivity index is 1.03. The van der Waals surface area contributed by atoms with Crippen LogP contribution in [0.5, 0.6) is 0 Å². The molecule has 0 heterocycles. The minimum absolute atomic E-state index is 0.114. The third-order valence-corrected chi connectivity index (χ3v) is 19.1. The molecular formula is C46H74O. The summed E-state index contributed by atoms with van der Waals surface area (Å²) in [5, 5.41) is 12.1. The molecule has 0 aromatic rings. The maximum atomic E-state index is 12.1. The van der Waals surface area contributed by atoms with E-state index in [1.54, 1.807) is 5.57 Å². The second-order valence-corrected chi connectivity index (χ2v) is 21.1. The minimum atomic E-state index is -0.114. The Morgan fingerprint density at radius 1 is 0.681 bits per heavy atom. The summed E-state index contributed by atoms with van der Waals surface area (Å²) in [6.07, 6.45) is 32.9. The number of hydrogen-bond donors (Lipinski definition) is 1. The average Bonchev–Trinajstić information content (AvgIpc) is 3.57. The van der Waals surface area contributed by atoms with Gasteiger partial charge in [-0.25, -0.2) is 0 Å². The highest BCUT2D eigenvalue weighted by Crippen LogP contribution is 2.72. The van der Waals surface area contributed by atoms with Crippen LogP contribution in [0.1, 0.15) is 164 Å². The highest BCUT2D eigenvalue weighted by molar-refractivity contribution is 5.30. The average molecular weight is 643 g/mol. The van der Waals surface area contributed by atoms with Crippen LogP contribution in [0.3, 0.4) is 0 Å². The highest BCUT2D eigenvalue weighted by Gasteiger charge is 2.65. The number of rotatable bonds is 6. The maximum absolute atomic E-state index is 12.1. The molecule has 6 fully saturated rings. The van der Waals surface area contributed by atoms with Gasteiger partial charge in [-0.2, -0.15) is 0 Å². The second kappa shape index (κ2) is 12.0. The molecular weight excluding hydrogens is 569 g/mol. The molecule has 6 saturated carbocycles. The molecule has 47 heavy (non-hydrogen) atoms. The van der Waals surface area contributed by atoms with Gasteiger partial charge in [-0.15, -0.1) is 0 Å². The third-order valence-electron chi connectivity index (χ3n) is 19.1. The molecule has 1 N–H and O–H groups in total. The van der Waals surface area contributed by atoms with E-state index in [9.17, 15) is 5.11 Å². The standard InChI is InChI=1S/C46H74O/c1-29(2)11-10-12-30(3)34-18-19-35-33-16-17-39-42(41(47)24-28-46(39,7)38(33)23-26-44(34,35)5)40-21-20-36-32-15-14-31-13-8-9-25-43(31,4)37(32)22-27-45(36,40)6/h8,13,17,29-38,40-42,47H,9-12,14-16,18-28H2,1-7H3/t30-,31?,32+,33+,34-,35+,36+,37+,38+,40?,41+,42?,43+,44-,45+,46-/m1/s1. The summed E-state index contributed by atoms with van der Waals surface area (Å²) < 4.78 is 0. The van der Waals surface area contributed by atoms with Crippen LogP contribution in [0.25, 0.3) is 0 Å². The van der Waals surface area contributed by atoms with Crippen LogP contribution in [0.4, 0.5) is 0 Å². The van der Waals surface area contributed by atoms with E-state index in [0.29, 0.717) is 33.5 Å². The Hall–Kier alpha value is -0.560. The van der Waals surface area contributed by atoms with E-state index in [2.05, 4.69) is 66.7 Å². The minimum Gasteiger partial charge on any atom is -0.392 e. The van der Waals surface area contributed by atoms with Gasteiger partial charge in [0.05, 0.1) is 6.10 Å². The zero-order valence-electron chi connectivity index (χ0n) is 31.9. The molecule has 0 aliphatic heterocycles. The molecule has 3 unspecified atom stereocenters. The van der Waals surface area contributed by atoms with E-state index < -0.39 is 0 Å². The zero-order chi connectivity index (χ0) is 32.9. The van der Waals surface area contributed by atoms with E-state index >= 15 is 0 Å². The van der Waals surface area contributed by atoms with Crippen LogP contribution in [0.15, 0.2) is 23.8 Å². The lowest BCUT2D eigenvalue weighted by molar-refractivity contribution is -0.111. The van der Waals surface area contributed by atoms with Crippen LogP contribution in [-0.4, -0.2) is 11.2 Å². The second-order valence-electron chi connectivity index (χ2n) is 21.1. The van der Waals surface area contributed by atoms with Gasteiger partial charge in [0, 0.05) is 5.92 Å². The molecule has 0 amide bonds. The van der Waals surface area contributed by atoms with E-state index in [-0.39, 0.29) is 6.10 Å². The molecule has 8 aliphatic rings. The van der Waals surface area contributed by atoms with E-state index in [1.165, 1.54) is 109 Å². The van der Waals surface area contributed by atoms with Gasteiger partial charge in [0.1, 0.15) is 0 Å². The Bertz CT molecular complexity index is 1230. The van der Waals surface area contributed by atoms with Crippen molar-refractivity contribution in [3.63, 3.8) is 0 Å². The summed E-state index contributed by atoms with van der Waals surface area (Å²) in [6.45, 7) is 18.3. The first kappa shape index (κ1) is 33.6. The molecule has 0 aromatic carbocycles. The number of fused-ring (bicyclic) bond motifs is 10. The molecule has 8 aliphatic carbocycles. The van der Waals surface area contributed by atoms with Gasteiger partial charge in [0.15, 0.2) is 0 Å². The fourth-order valence-electron chi connectivity index (χ4n) is 16.8. The molecule has 264 valence electrons. The summed E-state index contributed by atoms with van der Waals surface area (Å²) in [6, 6.07) is 0. The van der Waals surface area contributed by atoms with Crippen LogP contribution in [0.2, 0.25) is 0 Å². The van der Waals surface area contributed by atoms with Crippen molar-refractivity contribution in [3.05, 3.63) is 23.8 Å². The van der Waals surface area contributed by atoms with Gasteiger partial charge in [-0.05, 0) is 183 Å². The van der Waals surface area contributed by atoms with E-state index in [4.69, 9.17) is 0 Å². The lowest BCUT2D eigenvalue weighted by Crippen LogP contribution is -2.56. The van der Waals surface area contributed by atoms with Crippen LogP contribution < -0.4 is 0 Å². The molecule has 0 radical (unpaired) electrons. The van der Waals surface area contributed by atoms with Crippen molar-refractivity contribution in [2.75, 3.05) is 0 Å². The third kappa shape index (κ3) is 4.96. The number of aliphatic hydroxyl groups is 1. The van der Waals surface area contributed by atoms with Gasteiger partial charge in [-0.1, -0.05) is 91.5 Å². The molecule has 1 nitrogen and oxygen atoms in total. The smallest absolute Gasteiger partial charge is 0.0608 e. The Labute approximate surface area is 291 Å². The number of aliphatic hydroxyl groups excluding tert-OH is 1. The van der Waals surface area contributed by atoms with Crippen molar-refractivity contribution in [1.29, 1.82) is 0 Å². The van der Waals surface area contributed by atoms with Crippen LogP contribution in [0, 0.1) is 92.7 Å². The monoisotopic (exact) mass is 643 g/mol. The molecule has 0 aromatic heterocycles. The van der Waals surface area contributed by atoms with Crippen molar-refractivity contribution < 1.29 is 5.11 Å². The van der Waals surface area contributed by atoms with Crippen molar-refractivity contribution in [3.8, 4) is 0 Å². The normalized spacial score (nSPS) is 54.1. The number of allylic oxidation sites excluding steroid dienone is 3. The summed E-state index contributed by atoms with van der Waals surface area (Å²) in [7, 11) is 0. The van der Waals surface area contributed by atoms with E-state index in [1.807, 2.05) is 0 Å². The van der Waals surface area contributed by atoms with Crippen LogP contribution >= 0.6 is 0 Å². The Morgan fingerprint density at radius 2 is 1.38 bits per heavy atom. The number of hydrogen-bond acceptors (Lipinski definition) is 1. The largest absolute Gasteiger partial charge is 0.392 e. The Morgan fingerprint density at radius 3 is 2.19 bits per heavy atom. The van der Waals surface area contributed by atoms with Crippen molar-refractivity contribution >= 4 is 0 Å². The molecule has 0 bridgehead atoms. The molecule has 8 rings (SSSR count). The topological polar surface area (TPSA) is 20.2 Å². The van der Waals surface area contributed by atoms with Gasteiger partial charge in [-0.3, -0.25) is 0 Å². The first-order valence-electron chi connectivity index (χ1n) is 21.5. The Kier molecular flexibility index (Phi) is 8.58. The first-order valence-corrected chi connectivity index (χ1v) is 21.5. The SMILES string of the molecule is CC(C)CCC[C@@H](C)[C@H]1CC[C@H]2[C@@H]3CC=C4C(C5CC[C@H]6[C@@H]7CCC8C=CCC[C@]8(C)[C@H]7CC[C@]56C)[C@@H](O)CC[C@]4(C)[C@H]3CC[C@]12C. The maximum Gasteiger partial charge on any atom is 0.0608 e. The summed E-state index contributed by atoms with van der Waals surface area (Å²) >= 11 is 0. The predicted molar refractivity (Wildman–Crippen MR) is 198 cm³/mol. The molecule has 0 saturated heterocycles. The summed E-state index contributed by atoms with van der Waals surface area (Å²) in [5.41, 5.74) is 3.62. The zero-order valence-corrected chi connectivity index (χ0v) is 31.9. The summed E-state index contributed by atoms with van der Waals surface area (Å²) in [4.78, 5) is 0. The summed E-state index contributed by atoms with van der Waals surface area (Å²) in [5.74, 6) is 10.0. The van der Waals surface area contributed by atoms with Gasteiger partial charge in [0.25, 0.3) is 0 Å². The molecule has 0 spiro atoms. The quantitative estimate of drug-likeness (QED) is 0.286. The van der Waals surface area contributed by atoms with Crippen molar-refractivity contribution in [1.82, 2.24) is 0 Å². The van der Waals surface area contributed by atoms with E-state index in [0.717, 1.165) is 65.6 Å². The van der Waals surface area contributed by atoms with Gasteiger partial charge < -0.3 is 5.11 Å². The van der Waals surface area contributed by atoms with Gasteiger partial charge in [0.2, 0.25) is 0 Å². The predicted octanol–water partition coefficient (Wildman–Crippen LogP) is 12.4. The fraction of sp³-hybridized carbons (Fsp3) is 0.913. The first-order chi connectivity index (χ1) is 22.4. The molecule has 16 atom stereocenters. The fourth-order valence-corrected chi connectivity index (χ4v) is 16.8. The van der Waals surface area contributed by atoms with Crippen molar-refractivity contribution in [2.45, 2.75) is 170 Å². The highest BCUT2D eigenvalue weighted by atomic mass is 16.3. The lowest BCUT2D eigenvalue weighted by atomic mass is 9.43. The molecule has 1 heteroatoms. The lowest BCUT2D eigenvalue weighted by Gasteiger charge is -2.62. The van der Waals surface area contributed by atoms with Gasteiger partial charge >= 0.3 is 0 Å². The van der Waals surface area contributed by atoms with Crippen LogP contribution in [-0.2, 0) is 0 Å². The van der Waals surface area contributed by atoms with Crippen molar-refractivity contribution in [2.24, 2.45) is 92.7 Å².